The van der Waals surface area contributed by atoms with Crippen LogP contribution in [0.5, 0.6) is 5.75 Å². The van der Waals surface area contributed by atoms with Gasteiger partial charge in [-0.2, -0.15) is 0 Å². The minimum Gasteiger partial charge on any atom is -0.493 e. The highest BCUT2D eigenvalue weighted by atomic mass is 16.5. The van der Waals surface area contributed by atoms with Crippen LogP contribution in [0.25, 0.3) is 0 Å². The van der Waals surface area contributed by atoms with Crippen LogP contribution in [0.15, 0.2) is 24.3 Å². The SMILES string of the molecule is COCCNC(=O)[C@@H]1CN(CC2CC2)[C@H]2c3ccccc3OC[C@@H]12. The Labute approximate surface area is 143 Å². The average molecular weight is 330 g/mol. The Morgan fingerprint density at radius 2 is 2.21 bits per heavy atom. The summed E-state index contributed by atoms with van der Waals surface area (Å²) in [5.74, 6) is 2.18. The van der Waals surface area contributed by atoms with Gasteiger partial charge in [-0.05, 0) is 24.8 Å². The van der Waals surface area contributed by atoms with Gasteiger partial charge in [0.2, 0.25) is 5.91 Å². The highest BCUT2D eigenvalue weighted by molar-refractivity contribution is 5.80. The third-order valence-corrected chi connectivity index (χ3v) is 5.55. The summed E-state index contributed by atoms with van der Waals surface area (Å²) in [5.41, 5.74) is 1.25. The summed E-state index contributed by atoms with van der Waals surface area (Å²) in [4.78, 5) is 15.2. The van der Waals surface area contributed by atoms with Gasteiger partial charge in [-0.1, -0.05) is 18.2 Å². The van der Waals surface area contributed by atoms with Crippen molar-refractivity contribution >= 4 is 5.91 Å². The molecule has 0 aromatic heterocycles. The first-order valence-electron chi connectivity index (χ1n) is 9.00. The van der Waals surface area contributed by atoms with Crippen LogP contribution in [0.2, 0.25) is 0 Å². The molecule has 1 aromatic rings. The van der Waals surface area contributed by atoms with E-state index in [9.17, 15) is 4.79 Å². The minimum atomic E-state index is -0.000961. The summed E-state index contributed by atoms with van der Waals surface area (Å²) in [6.45, 7) is 3.70. The minimum absolute atomic E-state index is 0.000961. The standard InChI is InChI=1S/C19H26N2O3/c1-23-9-8-20-19(22)15-11-21(10-13-6-7-13)18-14-4-2-3-5-17(14)24-12-16(15)18/h2-5,13,15-16,18H,6-12H2,1H3,(H,20,22)/t15-,16+,18+/m1/s1. The van der Waals surface area contributed by atoms with Crippen molar-refractivity contribution in [3.63, 3.8) is 0 Å². The Kier molecular flexibility index (Phi) is 4.46. The van der Waals surface area contributed by atoms with Crippen molar-refractivity contribution in [2.75, 3.05) is 40.0 Å². The number of carbonyl (C=O) groups is 1. The molecule has 2 fully saturated rings. The lowest BCUT2D eigenvalue weighted by Gasteiger charge is -2.34. The van der Waals surface area contributed by atoms with Gasteiger partial charge in [0.25, 0.3) is 0 Å². The van der Waals surface area contributed by atoms with Crippen LogP contribution in [-0.4, -0.2) is 50.8 Å². The van der Waals surface area contributed by atoms with Crippen LogP contribution < -0.4 is 10.1 Å². The van der Waals surface area contributed by atoms with Gasteiger partial charge in [0.05, 0.1) is 19.1 Å². The van der Waals surface area contributed by atoms with Crippen LogP contribution in [0.3, 0.4) is 0 Å². The van der Waals surface area contributed by atoms with E-state index in [1.165, 1.54) is 18.4 Å². The van der Waals surface area contributed by atoms with Crippen LogP contribution in [0, 0.1) is 17.8 Å². The highest BCUT2D eigenvalue weighted by Gasteiger charge is 2.49. The number of ether oxygens (including phenoxy) is 2. The van der Waals surface area contributed by atoms with Crippen molar-refractivity contribution in [3.8, 4) is 5.75 Å². The van der Waals surface area contributed by atoms with Gasteiger partial charge in [0.1, 0.15) is 5.75 Å². The average Bonchev–Trinajstić information content (AvgIpc) is 3.34. The summed E-state index contributed by atoms with van der Waals surface area (Å²) >= 11 is 0. The van der Waals surface area contributed by atoms with Crippen molar-refractivity contribution < 1.29 is 14.3 Å². The number of benzene rings is 1. The molecule has 0 unspecified atom stereocenters. The van der Waals surface area contributed by atoms with E-state index in [2.05, 4.69) is 22.3 Å². The molecule has 0 spiro atoms. The molecule has 5 heteroatoms. The van der Waals surface area contributed by atoms with Crippen LogP contribution in [0.1, 0.15) is 24.4 Å². The fourth-order valence-electron chi connectivity index (χ4n) is 4.17. The second kappa shape index (κ2) is 6.73. The zero-order valence-corrected chi connectivity index (χ0v) is 14.2. The lowest BCUT2D eigenvalue weighted by molar-refractivity contribution is -0.126. The van der Waals surface area contributed by atoms with Gasteiger partial charge in [0.15, 0.2) is 0 Å². The third kappa shape index (κ3) is 3.03. The van der Waals surface area contributed by atoms with Crippen molar-refractivity contribution in [1.29, 1.82) is 0 Å². The molecule has 4 rings (SSSR count). The molecule has 3 aliphatic rings. The largest absolute Gasteiger partial charge is 0.493 e. The number of rotatable bonds is 6. The molecule has 2 aliphatic heterocycles. The van der Waals surface area contributed by atoms with Crippen molar-refractivity contribution in [3.05, 3.63) is 29.8 Å². The van der Waals surface area contributed by atoms with E-state index < -0.39 is 0 Å². The van der Waals surface area contributed by atoms with Crippen molar-refractivity contribution in [2.45, 2.75) is 18.9 Å². The number of carbonyl (C=O) groups excluding carboxylic acids is 1. The van der Waals surface area contributed by atoms with Gasteiger partial charge in [-0.3, -0.25) is 9.69 Å². The summed E-state index contributed by atoms with van der Waals surface area (Å²) in [6.07, 6.45) is 2.66. The number of hydrogen-bond acceptors (Lipinski definition) is 4. The number of fused-ring (bicyclic) bond motifs is 3. The normalized spacial score (nSPS) is 28.8. The molecule has 0 radical (unpaired) electrons. The Bertz CT molecular complexity index is 602. The monoisotopic (exact) mass is 330 g/mol. The second-order valence-corrected chi connectivity index (χ2v) is 7.25. The van der Waals surface area contributed by atoms with Gasteiger partial charge in [-0.15, -0.1) is 0 Å². The Morgan fingerprint density at radius 3 is 3.00 bits per heavy atom. The van der Waals surface area contributed by atoms with Crippen LogP contribution in [-0.2, 0) is 9.53 Å². The maximum absolute atomic E-state index is 12.7. The molecule has 1 aromatic carbocycles. The molecule has 2 heterocycles. The van der Waals surface area contributed by atoms with E-state index in [4.69, 9.17) is 9.47 Å². The molecule has 24 heavy (non-hydrogen) atoms. The third-order valence-electron chi connectivity index (χ3n) is 5.55. The number of amides is 1. The van der Waals surface area contributed by atoms with Gasteiger partial charge in [0, 0.05) is 44.3 Å². The summed E-state index contributed by atoms with van der Waals surface area (Å²) < 4.78 is 11.0. The topological polar surface area (TPSA) is 50.8 Å². The number of nitrogens with one attached hydrogen (secondary N) is 1. The quantitative estimate of drug-likeness (QED) is 0.809. The molecule has 1 amide bonds. The molecule has 1 aliphatic carbocycles. The lowest BCUT2D eigenvalue weighted by atomic mass is 9.85. The second-order valence-electron chi connectivity index (χ2n) is 7.25. The molecule has 1 saturated carbocycles. The number of likely N-dealkylation sites (tertiary alicyclic amines) is 1. The van der Waals surface area contributed by atoms with Gasteiger partial charge < -0.3 is 14.8 Å². The number of methoxy groups -OCH3 is 1. The van der Waals surface area contributed by atoms with E-state index in [0.29, 0.717) is 25.8 Å². The van der Waals surface area contributed by atoms with Crippen molar-refractivity contribution in [1.82, 2.24) is 10.2 Å². The number of para-hydroxylation sites is 1. The fourth-order valence-corrected chi connectivity index (χ4v) is 4.17. The summed E-state index contributed by atoms with van der Waals surface area (Å²) in [6, 6.07) is 8.62. The Balaban J connectivity index is 1.55. The highest BCUT2D eigenvalue weighted by Crippen LogP contribution is 2.48. The Morgan fingerprint density at radius 1 is 1.38 bits per heavy atom. The number of nitrogens with zero attached hydrogens (tertiary/aromatic N) is 1. The molecule has 130 valence electrons. The van der Waals surface area contributed by atoms with Crippen molar-refractivity contribution in [2.24, 2.45) is 17.8 Å². The van der Waals surface area contributed by atoms with Crippen LogP contribution in [0.4, 0.5) is 0 Å². The summed E-state index contributed by atoms with van der Waals surface area (Å²) in [7, 11) is 1.65. The van der Waals surface area contributed by atoms with E-state index in [0.717, 1.165) is 24.8 Å². The maximum Gasteiger partial charge on any atom is 0.224 e. The van der Waals surface area contributed by atoms with Gasteiger partial charge in [-0.25, -0.2) is 0 Å². The molecule has 5 nitrogen and oxygen atoms in total. The van der Waals surface area contributed by atoms with E-state index >= 15 is 0 Å². The number of hydrogen-bond donors (Lipinski definition) is 1. The van der Waals surface area contributed by atoms with E-state index in [1.54, 1.807) is 7.11 Å². The summed E-state index contributed by atoms with van der Waals surface area (Å²) in [5, 5.41) is 3.03. The predicted octanol–water partition coefficient (Wildman–Crippen LogP) is 1.84. The molecule has 1 saturated heterocycles. The lowest BCUT2D eigenvalue weighted by Crippen LogP contribution is -2.39. The molecular weight excluding hydrogens is 304 g/mol. The maximum atomic E-state index is 12.7. The zero-order chi connectivity index (χ0) is 16.5. The van der Waals surface area contributed by atoms with E-state index in [1.807, 2.05) is 12.1 Å². The smallest absolute Gasteiger partial charge is 0.224 e. The predicted molar refractivity (Wildman–Crippen MR) is 90.8 cm³/mol. The first kappa shape index (κ1) is 15.9. The van der Waals surface area contributed by atoms with Gasteiger partial charge >= 0.3 is 0 Å². The first-order valence-corrected chi connectivity index (χ1v) is 9.00. The van der Waals surface area contributed by atoms with E-state index in [-0.39, 0.29) is 17.7 Å². The fraction of sp³-hybridized carbons (Fsp3) is 0.632. The molecular formula is C19H26N2O3. The molecule has 3 atom stereocenters. The molecule has 1 N–H and O–H groups in total. The Hall–Kier alpha value is -1.59. The van der Waals surface area contributed by atoms with Crippen LogP contribution >= 0.6 is 0 Å². The first-order chi connectivity index (χ1) is 11.8. The molecule has 0 bridgehead atoms. The zero-order valence-electron chi connectivity index (χ0n) is 14.2.